The maximum Gasteiger partial charge on any atom is 0.341 e. The molecule has 3 aliphatic rings. The summed E-state index contributed by atoms with van der Waals surface area (Å²) in [5.74, 6) is 1.29. The molecule has 1 amide bonds. The van der Waals surface area contributed by atoms with E-state index in [9.17, 15) is 9.59 Å². The summed E-state index contributed by atoms with van der Waals surface area (Å²) in [6, 6.07) is 19.3. The maximum absolute atomic E-state index is 13.6. The van der Waals surface area contributed by atoms with Gasteiger partial charge in [-0.1, -0.05) is 30.3 Å². The molecule has 1 spiro atoms. The second kappa shape index (κ2) is 6.92. The zero-order valence-corrected chi connectivity index (χ0v) is 17.5. The number of hydrogen-bond donors (Lipinski definition) is 0. The number of nitrogens with zero attached hydrogens (tertiary/aromatic N) is 2. The van der Waals surface area contributed by atoms with Gasteiger partial charge in [0, 0.05) is 30.9 Å². The number of pyridine rings is 1. The highest BCUT2D eigenvalue weighted by Gasteiger charge is 2.57. The minimum Gasteiger partial charge on any atom is -0.457 e. The number of ether oxygens (including phenoxy) is 2. The van der Waals surface area contributed by atoms with E-state index in [0.717, 1.165) is 35.5 Å². The second-order valence-electron chi connectivity index (χ2n) is 8.80. The van der Waals surface area contributed by atoms with Crippen LogP contribution < -0.4 is 4.74 Å². The lowest BCUT2D eigenvalue weighted by atomic mass is 9.92. The summed E-state index contributed by atoms with van der Waals surface area (Å²) in [4.78, 5) is 31.8. The first-order valence-electron chi connectivity index (χ1n) is 10.9. The summed E-state index contributed by atoms with van der Waals surface area (Å²) >= 11 is 0. The Kier molecular flexibility index (Phi) is 4.12. The molecule has 1 aliphatic carbocycles. The lowest BCUT2D eigenvalue weighted by Gasteiger charge is -2.27. The van der Waals surface area contributed by atoms with Crippen LogP contribution in [-0.2, 0) is 20.5 Å². The highest BCUT2D eigenvalue weighted by molar-refractivity contribution is 5.95. The van der Waals surface area contributed by atoms with Crippen LogP contribution in [0.1, 0.15) is 40.7 Å². The Bertz CT molecular complexity index is 1200. The van der Waals surface area contributed by atoms with Crippen molar-refractivity contribution in [2.75, 3.05) is 13.1 Å². The van der Waals surface area contributed by atoms with Gasteiger partial charge in [0.1, 0.15) is 11.5 Å². The molecule has 0 radical (unpaired) electrons. The van der Waals surface area contributed by atoms with Crippen molar-refractivity contribution in [1.82, 2.24) is 9.88 Å². The van der Waals surface area contributed by atoms with Crippen LogP contribution >= 0.6 is 0 Å². The largest absolute Gasteiger partial charge is 0.457 e. The fourth-order valence-corrected chi connectivity index (χ4v) is 5.02. The number of likely N-dealkylation sites (tertiary alicyclic amines) is 1. The first-order chi connectivity index (χ1) is 15.6. The number of esters is 1. The molecule has 6 rings (SSSR count). The van der Waals surface area contributed by atoms with Crippen molar-refractivity contribution in [3.63, 3.8) is 0 Å². The molecule has 1 atom stereocenters. The van der Waals surface area contributed by atoms with Crippen LogP contribution in [0.5, 0.6) is 11.5 Å². The van der Waals surface area contributed by atoms with Crippen molar-refractivity contribution < 1.29 is 19.1 Å². The maximum atomic E-state index is 13.6. The number of carbonyl (C=O) groups is 2. The number of amides is 1. The highest BCUT2D eigenvalue weighted by atomic mass is 16.6. The van der Waals surface area contributed by atoms with Crippen LogP contribution in [0.15, 0.2) is 73.1 Å². The Morgan fingerprint density at radius 1 is 0.969 bits per heavy atom. The van der Waals surface area contributed by atoms with E-state index in [2.05, 4.69) is 4.98 Å². The third-order valence-corrected chi connectivity index (χ3v) is 6.88. The van der Waals surface area contributed by atoms with Gasteiger partial charge in [0.25, 0.3) is 0 Å². The Hall–Kier alpha value is -3.67. The molecule has 3 aromatic rings. The van der Waals surface area contributed by atoms with Crippen molar-refractivity contribution in [3.05, 3.63) is 89.7 Å². The van der Waals surface area contributed by atoms with Gasteiger partial charge in [-0.2, -0.15) is 0 Å². The number of carbonyl (C=O) groups excluding carboxylic acids is 2. The Balaban J connectivity index is 1.20. The summed E-state index contributed by atoms with van der Waals surface area (Å²) in [6.07, 6.45) is 5.50. The van der Waals surface area contributed by atoms with Gasteiger partial charge in [-0.3, -0.25) is 9.78 Å². The highest BCUT2D eigenvalue weighted by Crippen LogP contribution is 2.52. The third kappa shape index (κ3) is 2.90. The first kappa shape index (κ1) is 19.0. The van der Waals surface area contributed by atoms with Gasteiger partial charge in [-0.15, -0.1) is 0 Å². The summed E-state index contributed by atoms with van der Waals surface area (Å²) in [6.45, 7) is 0.969. The average molecular weight is 426 g/mol. The quantitative estimate of drug-likeness (QED) is 0.585. The Labute approximate surface area is 185 Å². The molecule has 2 fully saturated rings. The molecular weight excluding hydrogens is 404 g/mol. The van der Waals surface area contributed by atoms with E-state index in [1.807, 2.05) is 65.6 Å². The summed E-state index contributed by atoms with van der Waals surface area (Å²) in [7, 11) is 0. The molecule has 1 saturated carbocycles. The van der Waals surface area contributed by atoms with Crippen molar-refractivity contribution >= 4 is 11.9 Å². The minimum absolute atomic E-state index is 0.115. The summed E-state index contributed by atoms with van der Waals surface area (Å²) in [5.41, 5.74) is 1.14. The van der Waals surface area contributed by atoms with Gasteiger partial charge in [-0.05, 0) is 48.7 Å². The van der Waals surface area contributed by atoms with Gasteiger partial charge in [-0.25, -0.2) is 4.79 Å². The van der Waals surface area contributed by atoms with Crippen LogP contribution in [0.3, 0.4) is 0 Å². The van der Waals surface area contributed by atoms with Gasteiger partial charge in [0.2, 0.25) is 5.91 Å². The lowest BCUT2D eigenvalue weighted by molar-refractivity contribution is -0.134. The van der Waals surface area contributed by atoms with E-state index in [0.29, 0.717) is 25.1 Å². The molecule has 2 aromatic carbocycles. The van der Waals surface area contributed by atoms with Crippen LogP contribution in [0.4, 0.5) is 0 Å². The standard InChI is InChI=1S/C26H22N2O4/c29-23-21-16-27-14-10-22(21)26(32-23)13-15-28(17-26)24(30)25(11-12-25)18-6-8-20(9-7-18)31-19-4-2-1-3-5-19/h1-10,14,16H,11-13,15,17H2. The molecule has 0 bridgehead atoms. The lowest BCUT2D eigenvalue weighted by Crippen LogP contribution is -2.40. The first-order valence-corrected chi connectivity index (χ1v) is 10.9. The molecule has 6 heteroatoms. The zero-order chi connectivity index (χ0) is 21.8. The van der Waals surface area contributed by atoms with Crippen molar-refractivity contribution in [3.8, 4) is 11.5 Å². The molecule has 3 heterocycles. The molecule has 160 valence electrons. The number of aromatic nitrogens is 1. The molecule has 6 nitrogen and oxygen atoms in total. The Morgan fingerprint density at radius 2 is 1.72 bits per heavy atom. The van der Waals surface area contributed by atoms with Gasteiger partial charge in [0.05, 0.1) is 17.5 Å². The number of benzene rings is 2. The van der Waals surface area contributed by atoms with Crippen LogP contribution in [0.2, 0.25) is 0 Å². The van der Waals surface area contributed by atoms with Gasteiger partial charge < -0.3 is 14.4 Å². The predicted molar refractivity (Wildman–Crippen MR) is 116 cm³/mol. The minimum atomic E-state index is -0.742. The van der Waals surface area contributed by atoms with E-state index in [1.54, 1.807) is 12.4 Å². The summed E-state index contributed by atoms with van der Waals surface area (Å²) in [5, 5.41) is 0. The third-order valence-electron chi connectivity index (χ3n) is 6.88. The predicted octanol–water partition coefficient (Wildman–Crippen LogP) is 4.20. The number of fused-ring (bicyclic) bond motifs is 2. The molecule has 2 aliphatic heterocycles. The molecule has 1 aromatic heterocycles. The smallest absolute Gasteiger partial charge is 0.341 e. The normalized spacial score (nSPS) is 22.5. The number of hydrogen-bond acceptors (Lipinski definition) is 5. The average Bonchev–Trinajstić information content (AvgIpc) is 3.46. The van der Waals surface area contributed by atoms with E-state index >= 15 is 0 Å². The number of rotatable bonds is 4. The van der Waals surface area contributed by atoms with Gasteiger partial charge >= 0.3 is 5.97 Å². The van der Waals surface area contributed by atoms with Crippen LogP contribution in [0.25, 0.3) is 0 Å². The van der Waals surface area contributed by atoms with Crippen molar-refractivity contribution in [1.29, 1.82) is 0 Å². The van der Waals surface area contributed by atoms with Crippen LogP contribution in [-0.4, -0.2) is 34.8 Å². The topological polar surface area (TPSA) is 68.7 Å². The molecular formula is C26H22N2O4. The van der Waals surface area contributed by atoms with Crippen molar-refractivity contribution in [2.45, 2.75) is 30.3 Å². The second-order valence-corrected chi connectivity index (χ2v) is 8.80. The number of para-hydroxylation sites is 1. The van der Waals surface area contributed by atoms with Crippen LogP contribution in [0, 0.1) is 0 Å². The van der Waals surface area contributed by atoms with Crippen molar-refractivity contribution in [2.24, 2.45) is 0 Å². The monoisotopic (exact) mass is 426 g/mol. The molecule has 32 heavy (non-hydrogen) atoms. The van der Waals surface area contributed by atoms with E-state index < -0.39 is 11.0 Å². The Morgan fingerprint density at radius 3 is 2.47 bits per heavy atom. The van der Waals surface area contributed by atoms with E-state index in [-0.39, 0.29) is 11.9 Å². The SMILES string of the molecule is O=C1OC2(CCN(C(=O)C3(c4ccc(Oc5ccccc5)cc4)CC3)C2)c2ccncc21. The van der Waals surface area contributed by atoms with Gasteiger partial charge in [0.15, 0.2) is 5.60 Å². The van der Waals surface area contributed by atoms with E-state index in [1.165, 1.54) is 0 Å². The molecule has 0 N–H and O–H groups in total. The molecule has 1 saturated heterocycles. The fourth-order valence-electron chi connectivity index (χ4n) is 5.02. The summed E-state index contributed by atoms with van der Waals surface area (Å²) < 4.78 is 11.7. The zero-order valence-electron chi connectivity index (χ0n) is 17.5. The van der Waals surface area contributed by atoms with E-state index in [4.69, 9.17) is 9.47 Å². The fraction of sp³-hybridized carbons (Fsp3) is 0.269. The molecule has 1 unspecified atom stereocenters.